The van der Waals surface area contributed by atoms with Crippen molar-refractivity contribution in [2.24, 2.45) is 0 Å². The molecule has 0 amide bonds. The number of hydrogen-bond acceptors (Lipinski definition) is 4. The Morgan fingerprint density at radius 1 is 1.47 bits per heavy atom. The van der Waals surface area contributed by atoms with Crippen molar-refractivity contribution in [3.05, 3.63) is 0 Å². The Hall–Kier alpha value is -0.210. The highest BCUT2D eigenvalue weighted by Crippen LogP contribution is 2.03. The van der Waals surface area contributed by atoms with Crippen LogP contribution in [0.2, 0.25) is 0 Å². The largest absolute Gasteiger partial charge is 0.383 e. The van der Waals surface area contributed by atoms with Gasteiger partial charge in [0.05, 0.1) is 6.61 Å². The molecule has 0 radical (unpaired) electrons. The molecule has 1 saturated heterocycles. The van der Waals surface area contributed by atoms with Crippen LogP contribution in [0.25, 0.3) is 0 Å². The van der Waals surface area contributed by atoms with Crippen molar-refractivity contribution in [3.63, 3.8) is 0 Å². The Kier molecular flexibility index (Phi) is 5.48. The summed E-state index contributed by atoms with van der Waals surface area (Å²) in [7, 11) is -1.83. The molecule has 3 N–H and O–H groups in total. The Bertz CT molecular complexity index is 262. The van der Waals surface area contributed by atoms with Crippen molar-refractivity contribution < 1.29 is 13.2 Å². The van der Waals surface area contributed by atoms with Gasteiger partial charge >= 0.3 is 0 Å². The molecule has 1 aliphatic rings. The van der Waals surface area contributed by atoms with Crippen LogP contribution in [0.1, 0.15) is 12.8 Å². The van der Waals surface area contributed by atoms with E-state index in [-0.39, 0.29) is 6.04 Å². The molecule has 1 aliphatic heterocycles. The summed E-state index contributed by atoms with van der Waals surface area (Å²) in [6.07, 6.45) is 2.14. The molecule has 1 unspecified atom stereocenters. The monoisotopic (exact) mass is 237 g/mol. The molecule has 1 heterocycles. The van der Waals surface area contributed by atoms with Gasteiger partial charge in [-0.3, -0.25) is 0 Å². The van der Waals surface area contributed by atoms with E-state index in [9.17, 15) is 8.42 Å². The molecule has 1 atom stereocenters. The summed E-state index contributed by atoms with van der Waals surface area (Å²) < 4.78 is 32.4. The highest BCUT2D eigenvalue weighted by molar-refractivity contribution is 7.87. The lowest BCUT2D eigenvalue weighted by molar-refractivity contribution is 0.204. The maximum atomic E-state index is 11.4. The van der Waals surface area contributed by atoms with Gasteiger partial charge in [0.15, 0.2) is 0 Å². The first-order valence-electron chi connectivity index (χ1n) is 5.10. The number of rotatable bonds is 7. The predicted molar refractivity (Wildman–Crippen MR) is 57.8 cm³/mol. The van der Waals surface area contributed by atoms with Gasteiger partial charge in [0, 0.05) is 26.2 Å². The lowest BCUT2D eigenvalue weighted by Crippen LogP contribution is -2.43. The van der Waals surface area contributed by atoms with E-state index in [0.717, 1.165) is 19.4 Å². The minimum Gasteiger partial charge on any atom is -0.383 e. The molecule has 0 aromatic heterocycles. The van der Waals surface area contributed by atoms with Crippen LogP contribution >= 0.6 is 0 Å². The summed E-state index contributed by atoms with van der Waals surface area (Å²) in [4.78, 5) is 0. The average molecular weight is 237 g/mol. The summed E-state index contributed by atoms with van der Waals surface area (Å²) in [5.41, 5.74) is 0. The summed E-state index contributed by atoms with van der Waals surface area (Å²) in [6.45, 7) is 2.10. The van der Waals surface area contributed by atoms with Crippen LogP contribution in [0.3, 0.4) is 0 Å². The fraction of sp³-hybridized carbons (Fsp3) is 1.00. The minimum atomic E-state index is -3.36. The van der Waals surface area contributed by atoms with Crippen molar-refractivity contribution in [2.45, 2.75) is 18.9 Å². The molecular formula is C8H19N3O3S. The lowest BCUT2D eigenvalue weighted by Gasteiger charge is -2.12. The molecule has 0 saturated carbocycles. The van der Waals surface area contributed by atoms with Crippen LogP contribution in [0.15, 0.2) is 0 Å². The van der Waals surface area contributed by atoms with Gasteiger partial charge in [-0.05, 0) is 19.4 Å². The summed E-state index contributed by atoms with van der Waals surface area (Å²) >= 11 is 0. The van der Waals surface area contributed by atoms with Crippen LogP contribution in [0.5, 0.6) is 0 Å². The van der Waals surface area contributed by atoms with Gasteiger partial charge in [-0.2, -0.15) is 13.1 Å². The molecule has 7 heteroatoms. The van der Waals surface area contributed by atoms with E-state index in [1.165, 1.54) is 7.11 Å². The van der Waals surface area contributed by atoms with E-state index >= 15 is 0 Å². The smallest absolute Gasteiger partial charge is 0.277 e. The van der Waals surface area contributed by atoms with Crippen LogP contribution in [0.4, 0.5) is 0 Å². The highest BCUT2D eigenvalue weighted by atomic mass is 32.2. The normalized spacial score (nSPS) is 22.1. The van der Waals surface area contributed by atoms with Crippen LogP contribution < -0.4 is 14.8 Å². The molecule has 0 bridgehead atoms. The predicted octanol–water partition coefficient (Wildman–Crippen LogP) is -1.19. The second-order valence-electron chi connectivity index (χ2n) is 3.53. The first-order chi connectivity index (χ1) is 7.14. The molecule has 0 aliphatic carbocycles. The van der Waals surface area contributed by atoms with Crippen LogP contribution in [0, 0.1) is 0 Å². The Morgan fingerprint density at radius 2 is 2.27 bits per heavy atom. The van der Waals surface area contributed by atoms with Crippen LogP contribution in [-0.4, -0.2) is 47.8 Å². The van der Waals surface area contributed by atoms with Gasteiger partial charge in [-0.1, -0.05) is 0 Å². The van der Waals surface area contributed by atoms with E-state index in [1.807, 2.05) is 0 Å². The third-order valence-corrected chi connectivity index (χ3v) is 3.41. The van der Waals surface area contributed by atoms with Gasteiger partial charge in [0.1, 0.15) is 0 Å². The average Bonchev–Trinajstić information content (AvgIpc) is 2.68. The zero-order chi connectivity index (χ0) is 11.1. The Morgan fingerprint density at radius 3 is 2.87 bits per heavy atom. The number of methoxy groups -OCH3 is 1. The third-order valence-electron chi connectivity index (χ3n) is 2.28. The van der Waals surface area contributed by atoms with E-state index in [1.54, 1.807) is 0 Å². The van der Waals surface area contributed by atoms with Gasteiger partial charge in [-0.15, -0.1) is 0 Å². The van der Waals surface area contributed by atoms with E-state index in [2.05, 4.69) is 14.8 Å². The standard InChI is InChI=1S/C8H19N3O3S/c1-14-6-5-10-15(12,13)11-7-8-3-2-4-9-8/h8-11H,2-7H2,1H3. The number of ether oxygens (including phenoxy) is 1. The first-order valence-corrected chi connectivity index (χ1v) is 6.59. The molecule has 6 nitrogen and oxygen atoms in total. The highest BCUT2D eigenvalue weighted by Gasteiger charge is 2.16. The van der Waals surface area contributed by atoms with Gasteiger partial charge in [0.25, 0.3) is 10.2 Å². The lowest BCUT2D eigenvalue weighted by atomic mass is 10.2. The summed E-state index contributed by atoms with van der Waals surface area (Å²) in [5, 5.41) is 3.22. The molecule has 90 valence electrons. The second-order valence-corrected chi connectivity index (χ2v) is 5.12. The molecule has 0 spiro atoms. The zero-order valence-corrected chi connectivity index (χ0v) is 9.77. The molecule has 15 heavy (non-hydrogen) atoms. The van der Waals surface area contributed by atoms with E-state index in [4.69, 9.17) is 4.74 Å². The van der Waals surface area contributed by atoms with Crippen molar-refractivity contribution in [3.8, 4) is 0 Å². The molecule has 1 rings (SSSR count). The number of hydrogen-bond donors (Lipinski definition) is 3. The molecule has 0 aromatic carbocycles. The van der Waals surface area contributed by atoms with Gasteiger partial charge in [-0.25, -0.2) is 4.72 Å². The summed E-state index contributed by atoms with van der Waals surface area (Å²) in [5.74, 6) is 0. The molecule has 0 aromatic rings. The molecule has 1 fully saturated rings. The van der Waals surface area contributed by atoms with Crippen molar-refractivity contribution in [1.29, 1.82) is 0 Å². The van der Waals surface area contributed by atoms with E-state index < -0.39 is 10.2 Å². The van der Waals surface area contributed by atoms with Gasteiger partial charge in [0.2, 0.25) is 0 Å². The fourth-order valence-electron chi connectivity index (χ4n) is 1.47. The SMILES string of the molecule is COCCNS(=O)(=O)NCC1CCCN1. The Labute approximate surface area is 90.9 Å². The van der Waals surface area contributed by atoms with Gasteiger partial charge < -0.3 is 10.1 Å². The summed E-state index contributed by atoms with van der Waals surface area (Å²) in [6, 6.07) is 0.268. The minimum absolute atomic E-state index is 0.268. The van der Waals surface area contributed by atoms with Crippen LogP contribution in [-0.2, 0) is 14.9 Å². The first kappa shape index (κ1) is 12.9. The third kappa shape index (κ3) is 5.43. The number of nitrogens with one attached hydrogen (secondary N) is 3. The van der Waals surface area contributed by atoms with Crippen molar-refractivity contribution >= 4 is 10.2 Å². The topological polar surface area (TPSA) is 79.5 Å². The quantitative estimate of drug-likeness (QED) is 0.486. The van der Waals surface area contributed by atoms with Crippen molar-refractivity contribution in [2.75, 3.05) is 33.4 Å². The van der Waals surface area contributed by atoms with E-state index in [0.29, 0.717) is 19.7 Å². The zero-order valence-electron chi connectivity index (χ0n) is 8.95. The maximum Gasteiger partial charge on any atom is 0.277 e. The fourth-order valence-corrected chi connectivity index (χ4v) is 2.35. The molecular weight excluding hydrogens is 218 g/mol. The Balaban J connectivity index is 2.17. The second kappa shape index (κ2) is 6.39. The van der Waals surface area contributed by atoms with Crippen molar-refractivity contribution in [1.82, 2.24) is 14.8 Å². The maximum absolute atomic E-state index is 11.4.